The van der Waals surface area contributed by atoms with E-state index in [1.165, 1.54) is 11.2 Å². The van der Waals surface area contributed by atoms with Crippen LogP contribution in [0.2, 0.25) is 0 Å². The summed E-state index contributed by atoms with van der Waals surface area (Å²) in [6.07, 6.45) is 4.86. The van der Waals surface area contributed by atoms with Crippen molar-refractivity contribution in [2.45, 2.75) is 6.92 Å². The summed E-state index contributed by atoms with van der Waals surface area (Å²) >= 11 is 0. The number of rotatable bonds is 9. The Labute approximate surface area is 174 Å². The number of ether oxygens (including phenoxy) is 2. The van der Waals surface area contributed by atoms with Crippen LogP contribution in [0.3, 0.4) is 0 Å². The van der Waals surface area contributed by atoms with Crippen molar-refractivity contribution >= 4 is 22.5 Å². The first-order chi connectivity index (χ1) is 14.7. The van der Waals surface area contributed by atoms with Gasteiger partial charge in [-0.05, 0) is 31.2 Å². The Balaban J connectivity index is 1.46. The van der Waals surface area contributed by atoms with E-state index in [1.54, 1.807) is 18.5 Å². The van der Waals surface area contributed by atoms with Crippen molar-refractivity contribution in [2.75, 3.05) is 32.1 Å². The molecule has 0 amide bonds. The summed E-state index contributed by atoms with van der Waals surface area (Å²) in [7, 11) is 2.14. The van der Waals surface area contributed by atoms with Crippen molar-refractivity contribution < 1.29 is 14.4 Å². The molecule has 0 aliphatic rings. The summed E-state index contributed by atoms with van der Waals surface area (Å²) in [4.78, 5) is 14.4. The number of aromatic nitrogens is 5. The van der Waals surface area contributed by atoms with Gasteiger partial charge in [-0.15, -0.1) is 0 Å². The predicted octanol–water partition coefficient (Wildman–Crippen LogP) is 2.20. The van der Waals surface area contributed by atoms with Gasteiger partial charge in [0.1, 0.15) is 42.6 Å². The Kier molecular flexibility index (Phi) is 6.00. The third-order valence-corrected chi connectivity index (χ3v) is 4.69. The van der Waals surface area contributed by atoms with Crippen molar-refractivity contribution in [2.24, 2.45) is 0 Å². The third kappa shape index (κ3) is 4.81. The van der Waals surface area contributed by atoms with Crippen LogP contribution in [0.1, 0.15) is 6.92 Å². The number of nitrogens with one attached hydrogen (secondary N) is 3. The zero-order valence-electron chi connectivity index (χ0n) is 16.9. The molecule has 1 atom stereocenters. The number of aromatic amines is 1. The highest BCUT2D eigenvalue weighted by Crippen LogP contribution is 2.28. The van der Waals surface area contributed by atoms with Gasteiger partial charge >= 0.3 is 0 Å². The molecule has 0 aliphatic heterocycles. The standard InChI is InChI=1S/C21H23N7O2/c1-3-28(2)10-11-29-16-5-7-20(22-13-16)30-15-4-6-18-17(12-15)21(24-14-23-18)26-19-8-9-25-27-19/h4-9,12-14H,3,10-11H2,1-2H3,(H2,23,24,25,26,27)/p+1. The molecule has 3 aromatic heterocycles. The topological polar surface area (TPSA) is 102 Å². The lowest BCUT2D eigenvalue weighted by Crippen LogP contribution is -3.09. The van der Waals surface area contributed by atoms with Gasteiger partial charge in [0.2, 0.25) is 5.88 Å². The van der Waals surface area contributed by atoms with Gasteiger partial charge < -0.3 is 19.7 Å². The maximum absolute atomic E-state index is 5.92. The molecule has 9 heteroatoms. The molecule has 30 heavy (non-hydrogen) atoms. The number of benzene rings is 1. The number of hydrogen-bond acceptors (Lipinski definition) is 7. The van der Waals surface area contributed by atoms with Crippen LogP contribution in [-0.2, 0) is 0 Å². The maximum Gasteiger partial charge on any atom is 0.219 e. The summed E-state index contributed by atoms with van der Waals surface area (Å²) in [5.41, 5.74) is 0.801. The van der Waals surface area contributed by atoms with Gasteiger partial charge in [-0.25, -0.2) is 15.0 Å². The van der Waals surface area contributed by atoms with Crippen LogP contribution < -0.4 is 19.7 Å². The van der Waals surface area contributed by atoms with Crippen LogP contribution in [0.5, 0.6) is 17.4 Å². The molecule has 0 bridgehead atoms. The molecule has 0 spiro atoms. The first kappa shape index (κ1) is 19.6. The summed E-state index contributed by atoms with van der Waals surface area (Å²) < 4.78 is 11.7. The lowest BCUT2D eigenvalue weighted by Gasteiger charge is -2.12. The van der Waals surface area contributed by atoms with Crippen LogP contribution in [0.25, 0.3) is 10.9 Å². The Morgan fingerprint density at radius 1 is 1.07 bits per heavy atom. The molecule has 1 aromatic carbocycles. The number of H-pyrrole nitrogens is 1. The number of quaternary nitrogens is 1. The third-order valence-electron chi connectivity index (χ3n) is 4.69. The van der Waals surface area contributed by atoms with E-state index in [0.717, 1.165) is 35.6 Å². The van der Waals surface area contributed by atoms with Gasteiger partial charge in [-0.1, -0.05) is 0 Å². The molecule has 0 fully saturated rings. The van der Waals surface area contributed by atoms with Crippen LogP contribution in [0.15, 0.2) is 55.1 Å². The van der Waals surface area contributed by atoms with Gasteiger partial charge in [-0.3, -0.25) is 5.10 Å². The molecule has 3 heterocycles. The van der Waals surface area contributed by atoms with Crippen molar-refractivity contribution in [3.63, 3.8) is 0 Å². The first-order valence-corrected chi connectivity index (χ1v) is 9.80. The van der Waals surface area contributed by atoms with Crippen molar-refractivity contribution in [1.29, 1.82) is 0 Å². The molecule has 3 N–H and O–H groups in total. The molecular weight excluding hydrogens is 382 g/mol. The Hall–Kier alpha value is -3.72. The van der Waals surface area contributed by atoms with Crippen LogP contribution in [-0.4, -0.2) is 51.9 Å². The van der Waals surface area contributed by atoms with Gasteiger partial charge in [0.15, 0.2) is 0 Å². The number of hydrogen-bond donors (Lipinski definition) is 3. The van der Waals surface area contributed by atoms with Crippen LogP contribution in [0.4, 0.5) is 11.6 Å². The fourth-order valence-corrected chi connectivity index (χ4v) is 2.81. The van der Waals surface area contributed by atoms with E-state index in [1.807, 2.05) is 30.3 Å². The maximum atomic E-state index is 5.92. The van der Waals surface area contributed by atoms with E-state index in [-0.39, 0.29) is 0 Å². The largest absolute Gasteiger partial charge is 0.486 e. The average molecular weight is 406 g/mol. The fraction of sp³-hybridized carbons (Fsp3) is 0.238. The Bertz CT molecular complexity index is 1080. The summed E-state index contributed by atoms with van der Waals surface area (Å²) in [5.74, 6) is 3.25. The molecule has 4 aromatic rings. The van der Waals surface area contributed by atoms with Crippen molar-refractivity contribution in [3.8, 4) is 17.4 Å². The zero-order chi connectivity index (χ0) is 20.8. The Morgan fingerprint density at radius 3 is 2.73 bits per heavy atom. The molecular formula is C21H24N7O2+. The van der Waals surface area contributed by atoms with E-state index in [4.69, 9.17) is 9.47 Å². The Morgan fingerprint density at radius 2 is 1.97 bits per heavy atom. The molecule has 154 valence electrons. The highest BCUT2D eigenvalue weighted by Gasteiger charge is 2.08. The van der Waals surface area contributed by atoms with Gasteiger partial charge in [0.25, 0.3) is 0 Å². The second-order valence-electron chi connectivity index (χ2n) is 6.84. The van der Waals surface area contributed by atoms with Crippen molar-refractivity contribution in [1.82, 2.24) is 25.1 Å². The predicted molar refractivity (Wildman–Crippen MR) is 114 cm³/mol. The van der Waals surface area contributed by atoms with E-state index in [2.05, 4.69) is 44.4 Å². The highest BCUT2D eigenvalue weighted by atomic mass is 16.5. The summed E-state index contributed by atoms with van der Waals surface area (Å²) in [6.45, 7) is 4.82. The SMILES string of the molecule is CC[NH+](C)CCOc1ccc(Oc2ccc3ncnc(Nc4ccn[nH]4)c3c2)nc1. The number of pyridine rings is 1. The molecule has 0 saturated heterocycles. The molecule has 1 unspecified atom stereocenters. The normalized spacial score (nSPS) is 11.9. The molecule has 0 radical (unpaired) electrons. The first-order valence-electron chi connectivity index (χ1n) is 9.80. The molecule has 9 nitrogen and oxygen atoms in total. The molecule has 0 saturated carbocycles. The second kappa shape index (κ2) is 9.19. The number of anilines is 2. The highest BCUT2D eigenvalue weighted by molar-refractivity contribution is 5.91. The minimum Gasteiger partial charge on any atom is -0.486 e. The number of nitrogens with zero attached hydrogens (tertiary/aromatic N) is 4. The van der Waals surface area contributed by atoms with Gasteiger partial charge in [0.05, 0.1) is 31.5 Å². The summed E-state index contributed by atoms with van der Waals surface area (Å²) in [6, 6.07) is 11.1. The van der Waals surface area contributed by atoms with Crippen LogP contribution in [0, 0.1) is 0 Å². The lowest BCUT2D eigenvalue weighted by molar-refractivity contribution is -0.877. The summed E-state index contributed by atoms with van der Waals surface area (Å²) in [5, 5.41) is 10.8. The lowest BCUT2D eigenvalue weighted by atomic mass is 10.2. The molecule has 4 rings (SSSR count). The van der Waals surface area contributed by atoms with E-state index < -0.39 is 0 Å². The minimum atomic E-state index is 0.484. The quantitative estimate of drug-likeness (QED) is 0.392. The van der Waals surface area contributed by atoms with E-state index in [0.29, 0.717) is 24.1 Å². The number of likely N-dealkylation sites (N-methyl/N-ethyl adjacent to an activating group) is 1. The van der Waals surface area contributed by atoms with Crippen molar-refractivity contribution in [3.05, 3.63) is 55.1 Å². The van der Waals surface area contributed by atoms with E-state index >= 15 is 0 Å². The number of fused-ring (bicyclic) bond motifs is 1. The minimum absolute atomic E-state index is 0.484. The fourth-order valence-electron chi connectivity index (χ4n) is 2.81. The van der Waals surface area contributed by atoms with Crippen LogP contribution >= 0.6 is 0 Å². The smallest absolute Gasteiger partial charge is 0.219 e. The molecule has 0 aliphatic carbocycles. The average Bonchev–Trinajstić information content (AvgIpc) is 3.28. The second-order valence-corrected chi connectivity index (χ2v) is 6.84. The van der Waals surface area contributed by atoms with Gasteiger partial charge in [0, 0.05) is 17.5 Å². The van der Waals surface area contributed by atoms with E-state index in [9.17, 15) is 0 Å². The zero-order valence-corrected chi connectivity index (χ0v) is 16.9. The van der Waals surface area contributed by atoms with Gasteiger partial charge in [-0.2, -0.15) is 5.10 Å². The monoisotopic (exact) mass is 406 g/mol.